The summed E-state index contributed by atoms with van der Waals surface area (Å²) in [4.78, 5) is 39.3. The Morgan fingerprint density at radius 3 is 1.90 bits per heavy atom. The Morgan fingerprint density at radius 1 is 0.694 bits per heavy atom. The van der Waals surface area contributed by atoms with Crippen molar-refractivity contribution in [2.24, 2.45) is 0 Å². The standard InChI is InChI=1S/C37H50N10O2/c48-36(40-34-26-32(42-44-34)30-12-3-6-19-38-30)16-5-10-23-47-24-17-28(18-25-47)29-13-11-14-31(39-29)33-27-35(45-43-33)41-37(49)15-4-9-22-46-20-7-1-2-8-21-46/h3,6,11-14,19,26-28H,1-2,4-5,7-10,15-18,20-25H2,(H2,40,42,44,48)(H2,41,43,45,49). The summed E-state index contributed by atoms with van der Waals surface area (Å²) in [5.41, 5.74) is 4.31. The number of hydrogen-bond donors (Lipinski definition) is 4. The monoisotopic (exact) mass is 666 g/mol. The number of aromatic amines is 2. The molecule has 0 radical (unpaired) electrons. The van der Waals surface area contributed by atoms with Gasteiger partial charge >= 0.3 is 0 Å². The first-order chi connectivity index (χ1) is 24.1. The van der Waals surface area contributed by atoms with Gasteiger partial charge in [-0.3, -0.25) is 29.8 Å². The third-order valence-electron chi connectivity index (χ3n) is 9.64. The molecule has 0 aliphatic carbocycles. The minimum absolute atomic E-state index is 0.00948. The lowest BCUT2D eigenvalue weighted by atomic mass is 9.92. The van der Waals surface area contributed by atoms with Gasteiger partial charge in [-0.25, -0.2) is 0 Å². The SMILES string of the molecule is O=C(CCCCN1CCC(c2cccc(-c3cc(NC(=O)CCCCN4CCCCCC4)n[nH]3)n2)CC1)Nc1cc(-c2ccccn2)[nH]n1. The van der Waals surface area contributed by atoms with Gasteiger partial charge < -0.3 is 20.4 Å². The number of carbonyl (C=O) groups is 2. The van der Waals surface area contributed by atoms with Gasteiger partial charge in [0.25, 0.3) is 0 Å². The number of H-pyrrole nitrogens is 2. The summed E-state index contributed by atoms with van der Waals surface area (Å²) in [5, 5.41) is 20.4. The Hall–Kier alpha value is -4.42. The lowest BCUT2D eigenvalue weighted by Crippen LogP contribution is -2.34. The predicted molar refractivity (Wildman–Crippen MR) is 192 cm³/mol. The van der Waals surface area contributed by atoms with E-state index in [1.165, 1.54) is 38.8 Å². The number of aromatic nitrogens is 6. The number of amides is 2. The van der Waals surface area contributed by atoms with Crippen molar-refractivity contribution in [1.82, 2.24) is 40.2 Å². The van der Waals surface area contributed by atoms with E-state index in [-0.39, 0.29) is 11.8 Å². The largest absolute Gasteiger partial charge is 0.309 e. The molecule has 0 saturated carbocycles. The van der Waals surface area contributed by atoms with E-state index in [0.29, 0.717) is 30.4 Å². The van der Waals surface area contributed by atoms with Crippen LogP contribution in [-0.2, 0) is 9.59 Å². The molecule has 6 rings (SSSR count). The Labute approximate surface area is 288 Å². The molecule has 0 atom stereocenters. The van der Waals surface area contributed by atoms with Crippen molar-refractivity contribution in [3.63, 3.8) is 0 Å². The molecule has 2 saturated heterocycles. The fourth-order valence-corrected chi connectivity index (χ4v) is 6.85. The van der Waals surface area contributed by atoms with Crippen LogP contribution in [-0.4, -0.2) is 91.2 Å². The molecule has 0 aromatic carbocycles. The molecule has 2 amide bonds. The molecule has 2 fully saturated rings. The molecule has 0 unspecified atom stereocenters. The molecule has 6 heterocycles. The Balaban J connectivity index is 0.870. The Bertz CT molecular complexity index is 1600. The summed E-state index contributed by atoms with van der Waals surface area (Å²) in [6.45, 7) is 6.51. The quantitative estimate of drug-likeness (QED) is 0.109. The molecule has 2 aliphatic rings. The van der Waals surface area contributed by atoms with Crippen LogP contribution >= 0.6 is 0 Å². The van der Waals surface area contributed by atoms with Crippen LogP contribution in [0.5, 0.6) is 0 Å². The van der Waals surface area contributed by atoms with Gasteiger partial charge in [-0.05, 0) is 115 Å². The average Bonchev–Trinajstić information content (AvgIpc) is 3.72. The molecule has 0 bridgehead atoms. The van der Waals surface area contributed by atoms with Gasteiger partial charge in [0.2, 0.25) is 11.8 Å². The smallest absolute Gasteiger partial charge is 0.225 e. The number of rotatable bonds is 15. The fraction of sp³-hybridized carbons (Fsp3) is 0.514. The number of nitrogens with zero attached hydrogens (tertiary/aromatic N) is 6. The van der Waals surface area contributed by atoms with Crippen LogP contribution in [0.15, 0.2) is 54.7 Å². The maximum absolute atomic E-state index is 12.6. The van der Waals surface area contributed by atoms with E-state index in [1.54, 1.807) is 12.3 Å². The van der Waals surface area contributed by atoms with Gasteiger partial charge in [-0.15, -0.1) is 0 Å². The number of nitrogens with one attached hydrogen (secondary N) is 4. The van der Waals surface area contributed by atoms with Crippen LogP contribution in [0.2, 0.25) is 0 Å². The highest BCUT2D eigenvalue weighted by molar-refractivity contribution is 5.90. The molecule has 260 valence electrons. The number of hydrogen-bond acceptors (Lipinski definition) is 8. The highest BCUT2D eigenvalue weighted by Gasteiger charge is 2.22. The Morgan fingerprint density at radius 2 is 1.29 bits per heavy atom. The van der Waals surface area contributed by atoms with E-state index in [0.717, 1.165) is 93.2 Å². The number of unbranched alkanes of at least 4 members (excludes halogenated alkanes) is 2. The van der Waals surface area contributed by atoms with Crippen molar-refractivity contribution in [3.05, 3.63) is 60.4 Å². The lowest BCUT2D eigenvalue weighted by molar-refractivity contribution is -0.117. The number of piperidine rings is 1. The van der Waals surface area contributed by atoms with Crippen molar-refractivity contribution in [2.75, 3.05) is 49.9 Å². The minimum atomic E-state index is -0.0237. The lowest BCUT2D eigenvalue weighted by Gasteiger charge is -2.31. The first-order valence-electron chi connectivity index (χ1n) is 18.1. The zero-order valence-corrected chi connectivity index (χ0v) is 28.5. The molecule has 12 heteroatoms. The highest BCUT2D eigenvalue weighted by atomic mass is 16.2. The van der Waals surface area contributed by atoms with Crippen LogP contribution < -0.4 is 10.6 Å². The van der Waals surface area contributed by atoms with Crippen LogP contribution in [0.3, 0.4) is 0 Å². The second-order valence-corrected chi connectivity index (χ2v) is 13.4. The summed E-state index contributed by atoms with van der Waals surface area (Å²) in [7, 11) is 0. The first kappa shape index (κ1) is 34.4. The number of anilines is 2. The maximum atomic E-state index is 12.6. The van der Waals surface area contributed by atoms with Gasteiger partial charge in [0.15, 0.2) is 11.6 Å². The first-order valence-corrected chi connectivity index (χ1v) is 18.1. The van der Waals surface area contributed by atoms with E-state index >= 15 is 0 Å². The van der Waals surface area contributed by atoms with E-state index < -0.39 is 0 Å². The zero-order valence-electron chi connectivity index (χ0n) is 28.5. The third-order valence-corrected chi connectivity index (χ3v) is 9.64. The molecule has 4 aromatic rings. The predicted octanol–water partition coefficient (Wildman–Crippen LogP) is 6.23. The summed E-state index contributed by atoms with van der Waals surface area (Å²) in [6, 6.07) is 15.5. The molecule has 4 aromatic heterocycles. The van der Waals surface area contributed by atoms with Crippen molar-refractivity contribution in [3.8, 4) is 22.8 Å². The van der Waals surface area contributed by atoms with Crippen LogP contribution in [0.1, 0.15) is 88.7 Å². The van der Waals surface area contributed by atoms with E-state index in [2.05, 4.69) is 57.9 Å². The second kappa shape index (κ2) is 17.8. The number of carbonyl (C=O) groups excluding carboxylic acids is 2. The maximum Gasteiger partial charge on any atom is 0.225 e. The summed E-state index contributed by atoms with van der Waals surface area (Å²) >= 11 is 0. The topological polar surface area (TPSA) is 148 Å². The summed E-state index contributed by atoms with van der Waals surface area (Å²) < 4.78 is 0. The van der Waals surface area contributed by atoms with Gasteiger partial charge in [0.05, 0.1) is 22.8 Å². The van der Waals surface area contributed by atoms with Gasteiger partial charge in [0.1, 0.15) is 0 Å². The van der Waals surface area contributed by atoms with Gasteiger partial charge in [0, 0.05) is 42.8 Å². The highest BCUT2D eigenvalue weighted by Crippen LogP contribution is 2.29. The molecular weight excluding hydrogens is 616 g/mol. The second-order valence-electron chi connectivity index (χ2n) is 13.4. The average molecular weight is 667 g/mol. The number of likely N-dealkylation sites (tertiary alicyclic amines) is 2. The van der Waals surface area contributed by atoms with Crippen LogP contribution in [0, 0.1) is 0 Å². The summed E-state index contributed by atoms with van der Waals surface area (Å²) in [5.74, 6) is 1.45. The number of pyridine rings is 2. The third kappa shape index (κ3) is 10.5. The minimum Gasteiger partial charge on any atom is -0.309 e. The van der Waals surface area contributed by atoms with Crippen LogP contribution in [0.25, 0.3) is 22.8 Å². The van der Waals surface area contributed by atoms with E-state index in [9.17, 15) is 9.59 Å². The van der Waals surface area contributed by atoms with E-state index in [1.807, 2.05) is 30.3 Å². The summed E-state index contributed by atoms with van der Waals surface area (Å²) in [6.07, 6.45) is 13.9. The Kier molecular flexibility index (Phi) is 12.5. The van der Waals surface area contributed by atoms with Gasteiger partial charge in [-0.1, -0.05) is 25.0 Å². The van der Waals surface area contributed by atoms with Crippen molar-refractivity contribution >= 4 is 23.5 Å². The molecule has 2 aliphatic heterocycles. The van der Waals surface area contributed by atoms with E-state index in [4.69, 9.17) is 4.98 Å². The molecule has 0 spiro atoms. The fourth-order valence-electron chi connectivity index (χ4n) is 6.85. The van der Waals surface area contributed by atoms with Crippen LogP contribution in [0.4, 0.5) is 11.6 Å². The molecule has 4 N–H and O–H groups in total. The zero-order chi connectivity index (χ0) is 33.7. The van der Waals surface area contributed by atoms with Crippen molar-refractivity contribution < 1.29 is 9.59 Å². The normalized spacial score (nSPS) is 16.3. The van der Waals surface area contributed by atoms with Gasteiger partial charge in [-0.2, -0.15) is 10.2 Å². The van der Waals surface area contributed by atoms with Crippen molar-refractivity contribution in [2.45, 2.75) is 83.0 Å². The molecular formula is C37H50N10O2. The molecule has 12 nitrogen and oxygen atoms in total. The molecule has 49 heavy (non-hydrogen) atoms. The van der Waals surface area contributed by atoms with Crippen molar-refractivity contribution in [1.29, 1.82) is 0 Å².